The monoisotopic (exact) mass is 282 g/mol. The summed E-state index contributed by atoms with van der Waals surface area (Å²) in [7, 11) is 0. The van der Waals surface area contributed by atoms with Crippen LogP contribution in [0.5, 0.6) is 0 Å². The Labute approximate surface area is 120 Å². The second-order valence-electron chi connectivity index (χ2n) is 6.81. The summed E-state index contributed by atoms with van der Waals surface area (Å²) < 4.78 is 0. The quantitative estimate of drug-likeness (QED) is 0.863. The standard InChI is InChI=1S/C15H26N2OS/c1-11(2)9-13-16-15(6-3-4-7-15)14(18)17(13)12-5-8-19-10-12/h11-13,16H,3-10H2,1-2H3. The van der Waals surface area contributed by atoms with Gasteiger partial charge in [0, 0.05) is 11.8 Å². The smallest absolute Gasteiger partial charge is 0.244 e. The van der Waals surface area contributed by atoms with Gasteiger partial charge in [-0.25, -0.2) is 0 Å². The molecular formula is C15H26N2OS. The van der Waals surface area contributed by atoms with Gasteiger partial charge in [0.1, 0.15) is 0 Å². The molecule has 4 heteroatoms. The zero-order valence-electron chi connectivity index (χ0n) is 12.2. The van der Waals surface area contributed by atoms with E-state index in [1.54, 1.807) is 0 Å². The van der Waals surface area contributed by atoms with Gasteiger partial charge in [-0.15, -0.1) is 0 Å². The Morgan fingerprint density at radius 3 is 2.74 bits per heavy atom. The Hall–Kier alpha value is -0.220. The minimum absolute atomic E-state index is 0.188. The van der Waals surface area contributed by atoms with Gasteiger partial charge in [-0.05, 0) is 37.4 Å². The van der Waals surface area contributed by atoms with Gasteiger partial charge in [-0.3, -0.25) is 10.1 Å². The molecule has 3 aliphatic rings. The molecule has 19 heavy (non-hydrogen) atoms. The number of carbonyl (C=O) groups excluding carboxylic acids is 1. The van der Waals surface area contributed by atoms with Crippen molar-refractivity contribution in [1.82, 2.24) is 10.2 Å². The highest BCUT2D eigenvalue weighted by atomic mass is 32.2. The minimum Gasteiger partial charge on any atom is -0.322 e. The fourth-order valence-corrected chi connectivity index (χ4v) is 5.16. The molecule has 1 saturated carbocycles. The first-order valence-corrected chi connectivity index (χ1v) is 8.96. The van der Waals surface area contributed by atoms with Crippen LogP contribution in [0.15, 0.2) is 0 Å². The van der Waals surface area contributed by atoms with E-state index in [9.17, 15) is 4.79 Å². The highest BCUT2D eigenvalue weighted by molar-refractivity contribution is 7.99. The number of nitrogens with one attached hydrogen (secondary N) is 1. The summed E-state index contributed by atoms with van der Waals surface area (Å²) in [5.41, 5.74) is -0.188. The number of rotatable bonds is 3. The average Bonchev–Trinajstić information content (AvgIpc) is 3.03. The van der Waals surface area contributed by atoms with Gasteiger partial charge in [0.05, 0.1) is 11.7 Å². The predicted molar refractivity (Wildman–Crippen MR) is 80.2 cm³/mol. The first-order valence-electron chi connectivity index (χ1n) is 7.80. The van der Waals surface area contributed by atoms with E-state index in [0.717, 1.165) is 25.0 Å². The lowest BCUT2D eigenvalue weighted by molar-refractivity contribution is -0.135. The van der Waals surface area contributed by atoms with Crippen LogP contribution in [-0.4, -0.2) is 40.1 Å². The Morgan fingerprint density at radius 1 is 1.42 bits per heavy atom. The molecule has 2 saturated heterocycles. The molecule has 0 bridgehead atoms. The molecule has 108 valence electrons. The lowest BCUT2D eigenvalue weighted by atomic mass is 9.97. The summed E-state index contributed by atoms with van der Waals surface area (Å²) in [5.74, 6) is 3.41. The number of nitrogens with zero attached hydrogens (tertiary/aromatic N) is 1. The maximum absolute atomic E-state index is 13.0. The van der Waals surface area contributed by atoms with Crippen molar-refractivity contribution in [3.05, 3.63) is 0 Å². The molecule has 0 aromatic rings. The van der Waals surface area contributed by atoms with Crippen LogP contribution in [0.3, 0.4) is 0 Å². The van der Waals surface area contributed by atoms with Gasteiger partial charge in [-0.2, -0.15) is 11.8 Å². The number of hydrogen-bond donors (Lipinski definition) is 1. The van der Waals surface area contributed by atoms with Crippen LogP contribution in [0.25, 0.3) is 0 Å². The summed E-state index contributed by atoms with van der Waals surface area (Å²) in [5, 5.41) is 3.74. The first-order chi connectivity index (χ1) is 9.12. The van der Waals surface area contributed by atoms with Gasteiger partial charge in [0.15, 0.2) is 0 Å². The van der Waals surface area contributed by atoms with Crippen molar-refractivity contribution in [1.29, 1.82) is 0 Å². The molecule has 0 aromatic carbocycles. The highest BCUT2D eigenvalue weighted by Gasteiger charge is 2.54. The topological polar surface area (TPSA) is 32.3 Å². The molecule has 0 aromatic heterocycles. The highest BCUT2D eigenvalue weighted by Crippen LogP contribution is 2.40. The summed E-state index contributed by atoms with van der Waals surface area (Å²) in [6.07, 6.45) is 7.08. The zero-order chi connectivity index (χ0) is 13.5. The molecule has 2 unspecified atom stereocenters. The third-order valence-electron chi connectivity index (χ3n) is 4.87. The molecule has 2 aliphatic heterocycles. The summed E-state index contributed by atoms with van der Waals surface area (Å²) in [6.45, 7) is 4.51. The van der Waals surface area contributed by atoms with E-state index < -0.39 is 0 Å². The van der Waals surface area contributed by atoms with Crippen molar-refractivity contribution in [2.24, 2.45) is 5.92 Å². The summed E-state index contributed by atoms with van der Waals surface area (Å²) >= 11 is 2.00. The SMILES string of the molecule is CC(C)CC1NC2(CCCC2)C(=O)N1C1CCSC1. The van der Waals surface area contributed by atoms with Crippen molar-refractivity contribution in [2.75, 3.05) is 11.5 Å². The Balaban J connectivity index is 1.82. The molecule has 2 heterocycles. The third kappa shape index (κ3) is 2.42. The van der Waals surface area contributed by atoms with Crippen molar-refractivity contribution in [3.8, 4) is 0 Å². The zero-order valence-corrected chi connectivity index (χ0v) is 13.0. The van der Waals surface area contributed by atoms with E-state index in [1.807, 2.05) is 11.8 Å². The van der Waals surface area contributed by atoms with Crippen molar-refractivity contribution >= 4 is 17.7 Å². The van der Waals surface area contributed by atoms with Crippen LogP contribution in [-0.2, 0) is 4.79 Å². The third-order valence-corrected chi connectivity index (χ3v) is 6.02. The van der Waals surface area contributed by atoms with Gasteiger partial charge in [0.2, 0.25) is 5.91 Å². The molecule has 3 nitrogen and oxygen atoms in total. The van der Waals surface area contributed by atoms with E-state index in [-0.39, 0.29) is 11.7 Å². The van der Waals surface area contributed by atoms with Crippen LogP contribution >= 0.6 is 11.8 Å². The van der Waals surface area contributed by atoms with Gasteiger partial charge < -0.3 is 4.90 Å². The molecular weight excluding hydrogens is 256 g/mol. The van der Waals surface area contributed by atoms with E-state index in [4.69, 9.17) is 0 Å². The maximum atomic E-state index is 13.0. The first kappa shape index (κ1) is 13.7. The fraction of sp³-hybridized carbons (Fsp3) is 0.933. The summed E-state index contributed by atoms with van der Waals surface area (Å²) in [4.78, 5) is 15.2. The number of carbonyl (C=O) groups is 1. The van der Waals surface area contributed by atoms with E-state index >= 15 is 0 Å². The van der Waals surface area contributed by atoms with Crippen LogP contribution in [0.4, 0.5) is 0 Å². The number of hydrogen-bond acceptors (Lipinski definition) is 3. The normalized spacial score (nSPS) is 34.1. The number of amides is 1. The lowest BCUT2D eigenvalue weighted by Gasteiger charge is -2.30. The maximum Gasteiger partial charge on any atom is 0.244 e. The lowest BCUT2D eigenvalue weighted by Crippen LogP contribution is -2.45. The molecule has 1 aliphatic carbocycles. The molecule has 3 fully saturated rings. The molecule has 3 rings (SSSR count). The van der Waals surface area contributed by atoms with Gasteiger partial charge in [-0.1, -0.05) is 26.7 Å². The molecule has 2 atom stereocenters. The van der Waals surface area contributed by atoms with Crippen molar-refractivity contribution in [2.45, 2.75) is 70.1 Å². The summed E-state index contributed by atoms with van der Waals surface area (Å²) in [6, 6.07) is 0.480. The number of thioether (sulfide) groups is 1. The van der Waals surface area contributed by atoms with Crippen LogP contribution in [0.2, 0.25) is 0 Å². The van der Waals surface area contributed by atoms with E-state index in [0.29, 0.717) is 17.9 Å². The predicted octanol–water partition coefficient (Wildman–Crippen LogP) is 2.61. The molecule has 1 N–H and O–H groups in total. The van der Waals surface area contributed by atoms with Crippen molar-refractivity contribution < 1.29 is 4.79 Å². The van der Waals surface area contributed by atoms with Gasteiger partial charge >= 0.3 is 0 Å². The molecule has 1 spiro atoms. The van der Waals surface area contributed by atoms with Crippen LogP contribution in [0, 0.1) is 5.92 Å². The Kier molecular flexibility index (Phi) is 3.82. The molecule has 1 amide bonds. The minimum atomic E-state index is -0.188. The average molecular weight is 282 g/mol. The van der Waals surface area contributed by atoms with E-state index in [2.05, 4.69) is 24.1 Å². The largest absolute Gasteiger partial charge is 0.322 e. The molecule has 0 radical (unpaired) electrons. The van der Waals surface area contributed by atoms with Crippen LogP contribution in [0.1, 0.15) is 52.4 Å². The fourth-order valence-electron chi connectivity index (χ4n) is 3.96. The Morgan fingerprint density at radius 2 is 2.16 bits per heavy atom. The van der Waals surface area contributed by atoms with E-state index in [1.165, 1.54) is 25.0 Å². The van der Waals surface area contributed by atoms with Gasteiger partial charge in [0.25, 0.3) is 0 Å². The Bertz CT molecular complexity index is 346. The second kappa shape index (κ2) is 5.28. The van der Waals surface area contributed by atoms with Crippen molar-refractivity contribution in [3.63, 3.8) is 0 Å². The second-order valence-corrected chi connectivity index (χ2v) is 7.96. The van der Waals surface area contributed by atoms with Crippen LogP contribution < -0.4 is 5.32 Å².